The summed E-state index contributed by atoms with van der Waals surface area (Å²) in [6.07, 6.45) is 0. The summed E-state index contributed by atoms with van der Waals surface area (Å²) in [6.45, 7) is 2.47. The van der Waals surface area contributed by atoms with Crippen LogP contribution in [0.4, 0.5) is 20.6 Å². The van der Waals surface area contributed by atoms with E-state index in [-0.39, 0.29) is 24.3 Å². The third kappa shape index (κ3) is 3.58. The molecule has 0 radical (unpaired) electrons. The molecule has 2 heterocycles. The number of carbonyl (C=O) groups excluding carboxylic acids is 2. The van der Waals surface area contributed by atoms with E-state index in [1.165, 1.54) is 17.8 Å². The summed E-state index contributed by atoms with van der Waals surface area (Å²) in [5, 5.41) is 2.91. The molecule has 34 heavy (non-hydrogen) atoms. The molecule has 174 valence electrons. The van der Waals surface area contributed by atoms with Crippen molar-refractivity contribution < 1.29 is 18.7 Å². The molecular formula is C26H24FN3O3S. The smallest absolute Gasteiger partial charge is 0.323 e. The zero-order chi connectivity index (χ0) is 23.9. The standard InChI is InChI=1S/C26H24FN3O3S/c1-17-7-12-23-21(15-17)26(24(31)29(23)16-18-5-3-4-6-22(18)27)30(13-14-34-26)25(32)28-19-8-10-20(33-2)11-9-19/h3-12,15H,13-14,16H2,1-2H3,(H,28,32)/t26-/m1/s1. The second-order valence-electron chi connectivity index (χ2n) is 8.31. The number of benzene rings is 3. The molecule has 1 N–H and O–H groups in total. The van der Waals surface area contributed by atoms with Crippen molar-refractivity contribution in [2.24, 2.45) is 0 Å². The predicted molar refractivity (Wildman–Crippen MR) is 132 cm³/mol. The maximum atomic E-state index is 14.5. The molecule has 1 atom stereocenters. The molecule has 0 aliphatic carbocycles. The van der Waals surface area contributed by atoms with Crippen molar-refractivity contribution in [3.63, 3.8) is 0 Å². The maximum Gasteiger partial charge on any atom is 0.323 e. The topological polar surface area (TPSA) is 61.9 Å². The normalized spacial score (nSPS) is 19.0. The average Bonchev–Trinajstić information content (AvgIpc) is 3.38. The molecule has 6 nitrogen and oxygen atoms in total. The van der Waals surface area contributed by atoms with Gasteiger partial charge in [0.25, 0.3) is 5.91 Å². The minimum absolute atomic E-state index is 0.0951. The van der Waals surface area contributed by atoms with E-state index in [0.29, 0.717) is 35.0 Å². The highest BCUT2D eigenvalue weighted by Gasteiger charge is 2.59. The quantitative estimate of drug-likeness (QED) is 0.566. The summed E-state index contributed by atoms with van der Waals surface area (Å²) in [5.41, 5.74) is 3.49. The number of rotatable bonds is 4. The second kappa shape index (κ2) is 8.68. The number of halogens is 1. The molecule has 0 aromatic heterocycles. The van der Waals surface area contributed by atoms with Crippen LogP contribution in [-0.4, -0.2) is 36.2 Å². The lowest BCUT2D eigenvalue weighted by Crippen LogP contribution is -2.51. The number of ether oxygens (including phenoxy) is 1. The van der Waals surface area contributed by atoms with Crippen LogP contribution in [0.5, 0.6) is 5.75 Å². The third-order valence-corrected chi connectivity index (χ3v) is 7.64. The Bertz CT molecular complexity index is 1270. The maximum absolute atomic E-state index is 14.5. The van der Waals surface area contributed by atoms with Gasteiger partial charge < -0.3 is 15.0 Å². The highest BCUT2D eigenvalue weighted by atomic mass is 32.2. The molecule has 3 aromatic carbocycles. The molecule has 2 aliphatic heterocycles. The second-order valence-corrected chi connectivity index (χ2v) is 9.59. The number of methoxy groups -OCH3 is 1. The van der Waals surface area contributed by atoms with Crippen molar-refractivity contribution in [1.82, 2.24) is 4.90 Å². The van der Waals surface area contributed by atoms with Crippen molar-refractivity contribution in [2.75, 3.05) is 29.6 Å². The Morgan fingerprint density at radius 2 is 1.91 bits per heavy atom. The Kier molecular flexibility index (Phi) is 5.69. The lowest BCUT2D eigenvalue weighted by Gasteiger charge is -2.33. The molecule has 0 bridgehead atoms. The Morgan fingerprint density at radius 1 is 1.15 bits per heavy atom. The molecule has 1 saturated heterocycles. The molecule has 0 unspecified atom stereocenters. The fraction of sp³-hybridized carbons (Fsp3) is 0.231. The van der Waals surface area contributed by atoms with E-state index in [0.717, 1.165) is 11.1 Å². The molecule has 0 saturated carbocycles. The monoisotopic (exact) mass is 477 g/mol. The molecule has 1 spiro atoms. The SMILES string of the molecule is COc1ccc(NC(=O)N2CCS[C@]23C(=O)N(Cc2ccccc2F)c2ccc(C)cc23)cc1. The Hall–Kier alpha value is -3.52. The van der Waals surface area contributed by atoms with Crippen molar-refractivity contribution >= 4 is 35.1 Å². The summed E-state index contributed by atoms with van der Waals surface area (Å²) >= 11 is 1.44. The molecule has 8 heteroatoms. The first-order valence-electron chi connectivity index (χ1n) is 11.0. The average molecular weight is 478 g/mol. The first-order valence-corrected chi connectivity index (χ1v) is 12.0. The van der Waals surface area contributed by atoms with Crippen molar-refractivity contribution in [3.8, 4) is 5.75 Å². The van der Waals surface area contributed by atoms with Gasteiger partial charge in [-0.1, -0.05) is 35.9 Å². The van der Waals surface area contributed by atoms with Gasteiger partial charge in [0.2, 0.25) is 0 Å². The van der Waals surface area contributed by atoms with Crippen LogP contribution >= 0.6 is 11.8 Å². The van der Waals surface area contributed by atoms with Gasteiger partial charge in [-0.3, -0.25) is 9.69 Å². The molecule has 3 aromatic rings. The highest BCUT2D eigenvalue weighted by molar-refractivity contribution is 8.01. The molecule has 1 fully saturated rings. The van der Waals surface area contributed by atoms with Gasteiger partial charge in [-0.05, 0) is 43.3 Å². The first kappa shape index (κ1) is 22.3. The molecule has 2 aliphatic rings. The number of hydrogen-bond donors (Lipinski definition) is 1. The number of anilines is 2. The molecule has 5 rings (SSSR count). The van der Waals surface area contributed by atoms with Gasteiger partial charge in [-0.15, -0.1) is 11.8 Å². The fourth-order valence-electron chi connectivity index (χ4n) is 4.55. The number of hydrogen-bond acceptors (Lipinski definition) is 4. The van der Waals surface area contributed by atoms with Crippen LogP contribution in [0.3, 0.4) is 0 Å². The lowest BCUT2D eigenvalue weighted by atomic mass is 10.0. The van der Waals surface area contributed by atoms with Gasteiger partial charge in [0.15, 0.2) is 4.87 Å². The van der Waals surface area contributed by atoms with Crippen LogP contribution in [0.15, 0.2) is 66.7 Å². The summed E-state index contributed by atoms with van der Waals surface area (Å²) in [7, 11) is 1.58. The van der Waals surface area contributed by atoms with Crippen LogP contribution in [0.25, 0.3) is 0 Å². The van der Waals surface area contributed by atoms with E-state index in [1.54, 1.807) is 59.4 Å². The van der Waals surface area contributed by atoms with E-state index in [9.17, 15) is 14.0 Å². The van der Waals surface area contributed by atoms with E-state index >= 15 is 0 Å². The number of amides is 3. The van der Waals surface area contributed by atoms with Crippen molar-refractivity contribution in [1.29, 1.82) is 0 Å². The zero-order valence-corrected chi connectivity index (χ0v) is 19.7. The van der Waals surface area contributed by atoms with Gasteiger partial charge in [-0.25, -0.2) is 9.18 Å². The van der Waals surface area contributed by atoms with Gasteiger partial charge in [-0.2, -0.15) is 0 Å². The summed E-state index contributed by atoms with van der Waals surface area (Å²) in [5.74, 6) is 0.704. The number of carbonyl (C=O) groups is 2. The van der Waals surface area contributed by atoms with Crippen LogP contribution in [0, 0.1) is 12.7 Å². The Labute approximate surface area is 201 Å². The third-order valence-electron chi connectivity index (χ3n) is 6.22. The minimum atomic E-state index is -1.19. The first-order chi connectivity index (χ1) is 16.4. The zero-order valence-electron chi connectivity index (χ0n) is 18.9. The Morgan fingerprint density at radius 3 is 2.65 bits per heavy atom. The van der Waals surface area contributed by atoms with Crippen molar-refractivity contribution in [2.45, 2.75) is 18.3 Å². The lowest BCUT2D eigenvalue weighted by molar-refractivity contribution is -0.123. The largest absolute Gasteiger partial charge is 0.497 e. The minimum Gasteiger partial charge on any atom is -0.497 e. The van der Waals surface area contributed by atoms with E-state index < -0.39 is 4.87 Å². The number of aryl methyl sites for hydroxylation is 1. The number of nitrogens with one attached hydrogen (secondary N) is 1. The summed E-state index contributed by atoms with van der Waals surface area (Å²) in [4.78, 5) is 29.4. The van der Waals surface area contributed by atoms with E-state index in [2.05, 4.69) is 5.32 Å². The highest BCUT2D eigenvalue weighted by Crippen LogP contribution is 2.54. The van der Waals surface area contributed by atoms with Gasteiger partial charge >= 0.3 is 6.03 Å². The van der Waals surface area contributed by atoms with Gasteiger partial charge in [0.1, 0.15) is 11.6 Å². The van der Waals surface area contributed by atoms with E-state index in [1.807, 2.05) is 25.1 Å². The van der Waals surface area contributed by atoms with Gasteiger partial charge in [0.05, 0.1) is 19.3 Å². The van der Waals surface area contributed by atoms with Crippen molar-refractivity contribution in [3.05, 3.63) is 89.2 Å². The van der Waals surface area contributed by atoms with E-state index in [4.69, 9.17) is 4.74 Å². The predicted octanol–water partition coefficient (Wildman–Crippen LogP) is 5.12. The molecule has 3 amide bonds. The van der Waals surface area contributed by atoms with Crippen LogP contribution < -0.4 is 15.0 Å². The van der Waals surface area contributed by atoms with Gasteiger partial charge in [0, 0.05) is 29.1 Å². The summed E-state index contributed by atoms with van der Waals surface area (Å²) < 4.78 is 19.6. The van der Waals surface area contributed by atoms with Crippen LogP contribution in [0.1, 0.15) is 16.7 Å². The van der Waals surface area contributed by atoms with Crippen LogP contribution in [-0.2, 0) is 16.2 Å². The molecular weight excluding hydrogens is 453 g/mol. The Balaban J connectivity index is 1.51. The number of urea groups is 1. The summed E-state index contributed by atoms with van der Waals surface area (Å²) in [6, 6.07) is 18.9. The number of nitrogens with zero attached hydrogens (tertiary/aromatic N) is 2. The van der Waals surface area contributed by atoms with Crippen LogP contribution in [0.2, 0.25) is 0 Å². The number of fused-ring (bicyclic) bond motifs is 2. The fourth-order valence-corrected chi connectivity index (χ4v) is 6.00. The number of thioether (sulfide) groups is 1.